The van der Waals surface area contributed by atoms with Crippen molar-refractivity contribution >= 4 is 38.3 Å². The first kappa shape index (κ1) is 30.3. The van der Waals surface area contributed by atoms with Gasteiger partial charge in [-0.05, 0) is 88.6 Å². The zero-order chi connectivity index (χ0) is 29.3. The van der Waals surface area contributed by atoms with E-state index in [1.807, 2.05) is 0 Å². The summed E-state index contributed by atoms with van der Waals surface area (Å²) in [5.41, 5.74) is 2.70. The van der Waals surface area contributed by atoms with Gasteiger partial charge >= 0.3 is 5.97 Å². The third-order valence-corrected chi connectivity index (χ3v) is 7.60. The largest absolute Gasteiger partial charge is 0.479 e. The van der Waals surface area contributed by atoms with Crippen LogP contribution >= 0.6 is 11.6 Å². The predicted molar refractivity (Wildman–Crippen MR) is 157 cm³/mol. The van der Waals surface area contributed by atoms with Crippen molar-refractivity contribution in [2.45, 2.75) is 59.8 Å². The van der Waals surface area contributed by atoms with Crippen LogP contribution in [0.15, 0.2) is 69.9 Å². The molecule has 2 aromatic carbocycles. The first-order chi connectivity index (χ1) is 18.0. The molecule has 0 aliphatic heterocycles. The molecule has 3 aromatic rings. The minimum Gasteiger partial charge on any atom is -0.479 e. The number of rotatable bonds is 8. The number of aromatic nitrogens is 1. The van der Waals surface area contributed by atoms with Crippen LogP contribution in [0.4, 0.5) is 0 Å². The Balaban J connectivity index is 2.39. The van der Waals surface area contributed by atoms with Crippen molar-refractivity contribution in [2.75, 3.05) is 6.26 Å². The van der Waals surface area contributed by atoms with E-state index in [1.165, 1.54) is 12.1 Å². The number of hydrogen-bond donors (Lipinski definition) is 1. The molecule has 0 aliphatic carbocycles. The molecule has 0 saturated carbocycles. The number of allylic oxidation sites excluding steroid dienone is 3. The lowest BCUT2D eigenvalue weighted by molar-refractivity contribution is -0.160. The molecule has 3 rings (SSSR count). The van der Waals surface area contributed by atoms with Gasteiger partial charge in [-0.25, -0.2) is 13.2 Å². The average molecular weight is 572 g/mol. The van der Waals surface area contributed by atoms with Gasteiger partial charge in [0.2, 0.25) is 0 Å². The van der Waals surface area contributed by atoms with E-state index in [9.17, 15) is 23.1 Å². The molecule has 1 heterocycles. The molecule has 1 unspecified atom stereocenters. The fraction of sp³-hybridized carbons (Fsp3) is 0.333. The highest BCUT2D eigenvalue weighted by atomic mass is 35.5. The number of halogens is 1. The van der Waals surface area contributed by atoms with Crippen molar-refractivity contribution in [3.8, 4) is 11.1 Å². The van der Waals surface area contributed by atoms with E-state index in [-0.39, 0.29) is 17.0 Å². The minimum atomic E-state index is -3.43. The third-order valence-electron chi connectivity index (χ3n) is 6.14. The molecule has 9 heteroatoms. The maximum absolute atomic E-state index is 13.1. The van der Waals surface area contributed by atoms with E-state index in [2.05, 4.69) is 0 Å². The van der Waals surface area contributed by atoms with Crippen LogP contribution in [0.1, 0.15) is 51.8 Å². The summed E-state index contributed by atoms with van der Waals surface area (Å²) in [5.74, 6) is -1.13. The van der Waals surface area contributed by atoms with Crippen molar-refractivity contribution in [1.29, 1.82) is 0 Å². The second-order valence-corrected chi connectivity index (χ2v) is 13.0. The number of carboxylic acid groups (broad SMARTS) is 1. The molecule has 0 radical (unpaired) electrons. The first-order valence-electron chi connectivity index (χ1n) is 12.4. The lowest BCUT2D eigenvalue weighted by Crippen LogP contribution is -2.28. The summed E-state index contributed by atoms with van der Waals surface area (Å²) < 4.78 is 31.8. The molecule has 208 valence electrons. The Hall–Kier alpha value is -3.20. The van der Waals surface area contributed by atoms with Crippen LogP contribution in [0, 0.1) is 6.92 Å². The number of ether oxygens (including phenoxy) is 1. The fourth-order valence-electron chi connectivity index (χ4n) is 4.54. The Bertz CT molecular complexity index is 1640. The van der Waals surface area contributed by atoms with Gasteiger partial charge in [-0.2, -0.15) is 0 Å². The molecule has 0 aliphatic rings. The van der Waals surface area contributed by atoms with Crippen LogP contribution < -0.4 is 5.56 Å². The molecule has 0 fully saturated rings. The maximum Gasteiger partial charge on any atom is 0.337 e. The Morgan fingerprint density at radius 1 is 1.15 bits per heavy atom. The number of carbonyl (C=O) groups is 1. The second kappa shape index (κ2) is 11.5. The van der Waals surface area contributed by atoms with Crippen molar-refractivity contribution in [1.82, 2.24) is 4.57 Å². The van der Waals surface area contributed by atoms with E-state index in [1.54, 1.807) is 88.6 Å². The van der Waals surface area contributed by atoms with E-state index in [4.69, 9.17) is 16.3 Å². The van der Waals surface area contributed by atoms with Crippen LogP contribution in [-0.4, -0.2) is 35.9 Å². The van der Waals surface area contributed by atoms with Crippen LogP contribution in [0.25, 0.3) is 22.0 Å². The van der Waals surface area contributed by atoms with Crippen LogP contribution in [-0.2, 0) is 25.9 Å². The van der Waals surface area contributed by atoms with E-state index in [0.717, 1.165) is 11.8 Å². The summed E-state index contributed by atoms with van der Waals surface area (Å²) in [7, 11) is -3.43. The molecule has 1 N–H and O–H groups in total. The molecule has 0 saturated heterocycles. The van der Waals surface area contributed by atoms with Gasteiger partial charge in [0.1, 0.15) is 0 Å². The Morgan fingerprint density at radius 2 is 1.77 bits per heavy atom. The average Bonchev–Trinajstić information content (AvgIpc) is 2.81. The number of nitrogens with zero attached hydrogens (tertiary/aromatic N) is 1. The van der Waals surface area contributed by atoms with Gasteiger partial charge in [0.05, 0.1) is 16.0 Å². The number of fused-ring (bicyclic) bond motifs is 1. The predicted octanol–water partition coefficient (Wildman–Crippen LogP) is 6.47. The summed E-state index contributed by atoms with van der Waals surface area (Å²) in [6, 6.07) is 12.0. The van der Waals surface area contributed by atoms with Gasteiger partial charge in [-0.3, -0.25) is 4.79 Å². The Morgan fingerprint density at radius 3 is 2.28 bits per heavy atom. The van der Waals surface area contributed by atoms with Crippen molar-refractivity contribution in [3.63, 3.8) is 0 Å². The molecule has 0 amide bonds. The summed E-state index contributed by atoms with van der Waals surface area (Å²) in [4.78, 5) is 25.8. The topological polar surface area (TPSA) is 103 Å². The van der Waals surface area contributed by atoms with Crippen LogP contribution in [0.3, 0.4) is 0 Å². The monoisotopic (exact) mass is 571 g/mol. The van der Waals surface area contributed by atoms with Crippen molar-refractivity contribution in [3.05, 3.63) is 91.6 Å². The minimum absolute atomic E-state index is 0.142. The van der Waals surface area contributed by atoms with Crippen molar-refractivity contribution in [2.24, 2.45) is 0 Å². The van der Waals surface area contributed by atoms with Gasteiger partial charge in [0, 0.05) is 34.8 Å². The Kier molecular flexibility index (Phi) is 8.95. The SMILES string of the molecule is CC=C(C=C(C)Cn1c(=O)ccc2c(-c3ccc(Cl)cc3)c(C(OC(C)(C)C)C(=O)O)c(C)cc21)S(C)(=O)=O. The molecule has 1 atom stereocenters. The van der Waals surface area contributed by atoms with Crippen LogP contribution in [0.5, 0.6) is 0 Å². The van der Waals surface area contributed by atoms with Gasteiger partial charge in [-0.1, -0.05) is 35.4 Å². The Labute approximate surface area is 234 Å². The van der Waals surface area contributed by atoms with E-state index >= 15 is 0 Å². The van der Waals surface area contributed by atoms with Gasteiger partial charge in [0.15, 0.2) is 15.9 Å². The molecular formula is C30H34ClNO6S. The molecule has 0 spiro atoms. The second-order valence-electron chi connectivity index (χ2n) is 10.6. The number of sulfone groups is 1. The number of benzene rings is 2. The number of pyridine rings is 1. The number of aryl methyl sites for hydroxylation is 1. The van der Waals surface area contributed by atoms with Gasteiger partial charge < -0.3 is 14.4 Å². The molecular weight excluding hydrogens is 538 g/mol. The smallest absolute Gasteiger partial charge is 0.337 e. The quantitative estimate of drug-likeness (QED) is 0.311. The standard InChI is InChI=1S/C30H34ClNO6S/c1-8-22(39(7,36)37)15-18(2)17-32-24-16-19(3)26(28(29(34)35)38-30(4,5)6)27(23(24)13-14-25(32)33)20-9-11-21(31)12-10-20/h8-16,28H,17H2,1-7H3,(H,34,35). The zero-order valence-electron chi connectivity index (χ0n) is 23.2. The lowest BCUT2D eigenvalue weighted by Gasteiger charge is -2.29. The lowest BCUT2D eigenvalue weighted by atomic mass is 9.88. The van der Waals surface area contributed by atoms with Gasteiger partial charge in [0.25, 0.3) is 5.56 Å². The third kappa shape index (κ3) is 7.06. The number of carboxylic acids is 1. The highest BCUT2D eigenvalue weighted by Crippen LogP contribution is 2.40. The van der Waals surface area contributed by atoms with E-state index < -0.39 is 27.5 Å². The molecule has 7 nitrogen and oxygen atoms in total. The summed E-state index contributed by atoms with van der Waals surface area (Å²) >= 11 is 6.16. The molecule has 1 aromatic heterocycles. The molecule has 39 heavy (non-hydrogen) atoms. The summed E-state index contributed by atoms with van der Waals surface area (Å²) in [6.07, 6.45) is 2.94. The molecule has 0 bridgehead atoms. The normalized spacial score (nSPS) is 14.1. The summed E-state index contributed by atoms with van der Waals surface area (Å²) in [5, 5.41) is 11.4. The maximum atomic E-state index is 13.1. The van der Waals surface area contributed by atoms with E-state index in [0.29, 0.717) is 38.2 Å². The number of hydrogen-bond acceptors (Lipinski definition) is 5. The first-order valence-corrected chi connectivity index (χ1v) is 14.7. The fourth-order valence-corrected chi connectivity index (χ4v) is 5.51. The number of aliphatic carboxylic acids is 1. The zero-order valence-corrected chi connectivity index (χ0v) is 24.8. The highest BCUT2D eigenvalue weighted by Gasteiger charge is 2.32. The van der Waals surface area contributed by atoms with Crippen LogP contribution in [0.2, 0.25) is 5.02 Å². The van der Waals surface area contributed by atoms with Gasteiger partial charge in [-0.15, -0.1) is 0 Å². The summed E-state index contributed by atoms with van der Waals surface area (Å²) in [6.45, 7) is 10.7. The van der Waals surface area contributed by atoms with Crippen molar-refractivity contribution < 1.29 is 23.1 Å². The highest BCUT2D eigenvalue weighted by molar-refractivity contribution is 7.94.